The van der Waals surface area contributed by atoms with E-state index >= 15 is 0 Å². The number of amides is 1. The number of rotatable bonds is 6. The highest BCUT2D eigenvalue weighted by Gasteiger charge is 2.07. The Bertz CT molecular complexity index is 692. The van der Waals surface area contributed by atoms with E-state index in [1.165, 1.54) is 0 Å². The number of benzene rings is 1. The Balaban J connectivity index is 1.85. The molecular weight excluding hydrogens is 290 g/mol. The van der Waals surface area contributed by atoms with E-state index in [1.807, 2.05) is 30.3 Å². The van der Waals surface area contributed by atoms with Gasteiger partial charge in [-0.25, -0.2) is 8.42 Å². The SMILES string of the molecule is CS(=O)(=O)CCC(=O)NCc1ccc(-c2ccn[nH]2)cc1. The van der Waals surface area contributed by atoms with Gasteiger partial charge in [-0.2, -0.15) is 5.10 Å². The Morgan fingerprint density at radius 3 is 2.52 bits per heavy atom. The van der Waals surface area contributed by atoms with Crippen LogP contribution in [0.3, 0.4) is 0 Å². The first-order chi connectivity index (χ1) is 9.94. The Labute approximate surface area is 123 Å². The maximum absolute atomic E-state index is 11.5. The minimum Gasteiger partial charge on any atom is -0.352 e. The summed E-state index contributed by atoms with van der Waals surface area (Å²) < 4.78 is 21.9. The number of hydrogen-bond acceptors (Lipinski definition) is 4. The first kappa shape index (κ1) is 15.2. The van der Waals surface area contributed by atoms with Crippen molar-refractivity contribution in [2.45, 2.75) is 13.0 Å². The summed E-state index contributed by atoms with van der Waals surface area (Å²) in [7, 11) is -3.10. The zero-order valence-corrected chi connectivity index (χ0v) is 12.5. The average Bonchev–Trinajstić information content (AvgIpc) is 2.97. The third kappa shape index (κ3) is 5.03. The summed E-state index contributed by atoms with van der Waals surface area (Å²) in [5.74, 6) is -0.393. The third-order valence-corrected chi connectivity index (χ3v) is 3.90. The molecule has 1 aromatic carbocycles. The third-order valence-electron chi connectivity index (χ3n) is 2.96. The van der Waals surface area contributed by atoms with Crippen molar-refractivity contribution < 1.29 is 13.2 Å². The smallest absolute Gasteiger partial charge is 0.221 e. The van der Waals surface area contributed by atoms with Crippen LogP contribution in [-0.2, 0) is 21.2 Å². The molecule has 112 valence electrons. The Morgan fingerprint density at radius 1 is 1.24 bits per heavy atom. The van der Waals surface area contributed by atoms with E-state index in [-0.39, 0.29) is 18.1 Å². The van der Waals surface area contributed by atoms with Crippen LogP contribution in [0.2, 0.25) is 0 Å². The fraction of sp³-hybridized carbons (Fsp3) is 0.286. The maximum atomic E-state index is 11.5. The Hall–Kier alpha value is -2.15. The topological polar surface area (TPSA) is 91.9 Å². The van der Waals surface area contributed by atoms with Crippen molar-refractivity contribution in [2.75, 3.05) is 12.0 Å². The van der Waals surface area contributed by atoms with Crippen molar-refractivity contribution in [1.82, 2.24) is 15.5 Å². The molecule has 0 saturated heterocycles. The summed E-state index contributed by atoms with van der Waals surface area (Å²) in [4.78, 5) is 11.5. The van der Waals surface area contributed by atoms with Crippen molar-refractivity contribution in [2.24, 2.45) is 0 Å². The van der Waals surface area contributed by atoms with Crippen molar-refractivity contribution in [3.8, 4) is 11.3 Å². The van der Waals surface area contributed by atoms with Crippen molar-refractivity contribution >= 4 is 15.7 Å². The second kappa shape index (κ2) is 6.53. The Kier molecular flexibility index (Phi) is 4.74. The monoisotopic (exact) mass is 307 g/mol. The fourth-order valence-corrected chi connectivity index (χ4v) is 2.34. The van der Waals surface area contributed by atoms with Gasteiger partial charge in [0.15, 0.2) is 0 Å². The lowest BCUT2D eigenvalue weighted by atomic mass is 10.1. The lowest BCUT2D eigenvalue weighted by molar-refractivity contribution is -0.120. The normalized spacial score (nSPS) is 11.3. The fourth-order valence-electron chi connectivity index (χ4n) is 1.79. The molecule has 21 heavy (non-hydrogen) atoms. The van der Waals surface area contributed by atoms with Gasteiger partial charge in [0.05, 0.1) is 11.4 Å². The molecule has 0 aliphatic heterocycles. The van der Waals surface area contributed by atoms with Gasteiger partial charge in [-0.05, 0) is 17.2 Å². The first-order valence-electron chi connectivity index (χ1n) is 6.47. The van der Waals surface area contributed by atoms with Crippen molar-refractivity contribution in [3.05, 3.63) is 42.1 Å². The van der Waals surface area contributed by atoms with Gasteiger partial charge < -0.3 is 5.32 Å². The highest BCUT2D eigenvalue weighted by atomic mass is 32.2. The predicted molar refractivity (Wildman–Crippen MR) is 80.2 cm³/mol. The minimum absolute atomic E-state index is 0.00887. The molecule has 2 aromatic rings. The van der Waals surface area contributed by atoms with Gasteiger partial charge in [0.2, 0.25) is 5.91 Å². The number of H-pyrrole nitrogens is 1. The van der Waals surface area contributed by atoms with Gasteiger partial charge >= 0.3 is 0 Å². The Morgan fingerprint density at radius 2 is 1.95 bits per heavy atom. The van der Waals surface area contributed by atoms with Crippen LogP contribution in [0.1, 0.15) is 12.0 Å². The number of sulfone groups is 1. The van der Waals surface area contributed by atoms with E-state index in [1.54, 1.807) is 6.20 Å². The lowest BCUT2D eigenvalue weighted by Crippen LogP contribution is -2.24. The standard InChI is InChI=1S/C14H17N3O3S/c1-21(19,20)9-7-14(18)15-10-11-2-4-12(5-3-11)13-6-8-16-17-13/h2-6,8H,7,9-10H2,1H3,(H,15,18)(H,16,17). The zero-order chi connectivity index (χ0) is 15.3. The molecule has 1 amide bonds. The molecule has 1 aromatic heterocycles. The number of nitrogens with zero attached hydrogens (tertiary/aromatic N) is 1. The van der Waals surface area contributed by atoms with E-state index in [9.17, 15) is 13.2 Å². The molecule has 1 heterocycles. The van der Waals surface area contributed by atoms with Crippen LogP contribution in [0, 0.1) is 0 Å². The molecular formula is C14H17N3O3S. The second-order valence-corrected chi connectivity index (χ2v) is 7.08. The van der Waals surface area contributed by atoms with E-state index in [0.717, 1.165) is 23.1 Å². The van der Waals surface area contributed by atoms with Gasteiger partial charge in [-0.1, -0.05) is 24.3 Å². The quantitative estimate of drug-likeness (QED) is 0.836. The second-order valence-electron chi connectivity index (χ2n) is 4.82. The number of aromatic nitrogens is 2. The molecule has 2 rings (SSSR count). The largest absolute Gasteiger partial charge is 0.352 e. The molecule has 0 fully saturated rings. The number of hydrogen-bond donors (Lipinski definition) is 2. The van der Waals surface area contributed by atoms with Crippen LogP contribution in [-0.4, -0.2) is 36.5 Å². The molecule has 0 bridgehead atoms. The summed E-state index contributed by atoms with van der Waals surface area (Å²) in [6, 6.07) is 9.57. The molecule has 0 aliphatic carbocycles. The molecule has 7 heteroatoms. The highest BCUT2D eigenvalue weighted by Crippen LogP contribution is 2.16. The van der Waals surface area contributed by atoms with Crippen molar-refractivity contribution in [3.63, 3.8) is 0 Å². The van der Waals surface area contributed by atoms with Crippen LogP contribution in [0.5, 0.6) is 0 Å². The molecule has 6 nitrogen and oxygen atoms in total. The molecule has 0 aliphatic rings. The summed E-state index contributed by atoms with van der Waals surface area (Å²) in [6.45, 7) is 0.381. The van der Waals surface area contributed by atoms with E-state index in [0.29, 0.717) is 6.54 Å². The molecule has 2 N–H and O–H groups in total. The zero-order valence-electron chi connectivity index (χ0n) is 11.7. The van der Waals surface area contributed by atoms with Crippen LogP contribution >= 0.6 is 0 Å². The van der Waals surface area contributed by atoms with Crippen LogP contribution in [0.4, 0.5) is 0 Å². The lowest BCUT2D eigenvalue weighted by Gasteiger charge is -2.06. The van der Waals surface area contributed by atoms with Gasteiger partial charge in [-0.3, -0.25) is 9.89 Å². The molecule has 0 saturated carbocycles. The van der Waals surface area contributed by atoms with E-state index in [2.05, 4.69) is 15.5 Å². The minimum atomic E-state index is -3.10. The summed E-state index contributed by atoms with van der Waals surface area (Å²) >= 11 is 0. The van der Waals surface area contributed by atoms with Crippen molar-refractivity contribution in [1.29, 1.82) is 0 Å². The van der Waals surface area contributed by atoms with Gasteiger partial charge in [-0.15, -0.1) is 0 Å². The van der Waals surface area contributed by atoms with Gasteiger partial charge in [0.25, 0.3) is 0 Å². The maximum Gasteiger partial charge on any atom is 0.221 e. The van der Waals surface area contributed by atoms with Gasteiger partial charge in [0, 0.05) is 25.4 Å². The van der Waals surface area contributed by atoms with Crippen LogP contribution < -0.4 is 5.32 Å². The molecule has 0 unspecified atom stereocenters. The molecule has 0 atom stereocenters. The number of carbonyl (C=O) groups excluding carboxylic acids is 1. The molecule has 0 radical (unpaired) electrons. The number of nitrogens with one attached hydrogen (secondary N) is 2. The average molecular weight is 307 g/mol. The summed E-state index contributed by atoms with van der Waals surface area (Å²) in [6.07, 6.45) is 2.80. The number of carbonyl (C=O) groups is 1. The summed E-state index contributed by atoms with van der Waals surface area (Å²) in [5.41, 5.74) is 2.89. The predicted octanol–water partition coefficient (Wildman–Crippen LogP) is 1.13. The van der Waals surface area contributed by atoms with E-state index in [4.69, 9.17) is 0 Å². The van der Waals surface area contributed by atoms with Gasteiger partial charge in [0.1, 0.15) is 9.84 Å². The molecule has 0 spiro atoms. The van der Waals surface area contributed by atoms with Crippen LogP contribution in [0.25, 0.3) is 11.3 Å². The first-order valence-corrected chi connectivity index (χ1v) is 8.53. The van der Waals surface area contributed by atoms with Crippen LogP contribution in [0.15, 0.2) is 36.5 Å². The highest BCUT2D eigenvalue weighted by molar-refractivity contribution is 7.90. The number of aromatic amines is 1. The van der Waals surface area contributed by atoms with E-state index < -0.39 is 9.84 Å². The summed E-state index contributed by atoms with van der Waals surface area (Å²) in [5, 5.41) is 9.47.